The van der Waals surface area contributed by atoms with Crippen LogP contribution in [-0.4, -0.2) is 12.1 Å². The van der Waals surface area contributed by atoms with Crippen molar-refractivity contribution in [2.75, 3.05) is 0 Å². The van der Waals surface area contributed by atoms with Crippen molar-refractivity contribution in [3.63, 3.8) is 0 Å². The maximum absolute atomic E-state index is 8.94. The third-order valence-electron chi connectivity index (χ3n) is 2.81. The first-order valence-corrected chi connectivity index (χ1v) is 6.97. The summed E-state index contributed by atoms with van der Waals surface area (Å²) in [5, 5.41) is 25.9. The van der Waals surface area contributed by atoms with Crippen molar-refractivity contribution in [1.29, 1.82) is 10.5 Å². The Kier molecular flexibility index (Phi) is 11.1. The number of nitrogens with zero attached hydrogens (tertiary/aromatic N) is 4. The van der Waals surface area contributed by atoms with Gasteiger partial charge in [0.25, 0.3) is 0 Å². The number of hydrogen-bond acceptors (Lipinski definition) is 4. The van der Waals surface area contributed by atoms with Gasteiger partial charge in [0.2, 0.25) is 0 Å². The average Bonchev–Trinajstić information content (AvgIpc) is 2.40. The van der Waals surface area contributed by atoms with Crippen molar-refractivity contribution >= 4 is 0 Å². The molecule has 0 rings (SSSR count). The molecule has 0 fully saturated rings. The van der Waals surface area contributed by atoms with E-state index in [1.54, 1.807) is 0 Å². The fraction of sp³-hybridized carbons (Fsp3) is 0.857. The average molecular weight is 248 g/mol. The minimum absolute atomic E-state index is 0.376. The highest BCUT2D eigenvalue weighted by molar-refractivity contribution is 4.92. The molecule has 0 saturated carbocycles. The van der Waals surface area contributed by atoms with Crippen LogP contribution >= 0.6 is 0 Å². The summed E-state index contributed by atoms with van der Waals surface area (Å²) in [6.07, 6.45) is 8.00. The van der Waals surface area contributed by atoms with Gasteiger partial charge in [-0.3, -0.25) is 0 Å². The molecular formula is C14H24N4. The molecule has 0 amide bonds. The van der Waals surface area contributed by atoms with Gasteiger partial charge in [0.05, 0.1) is 12.1 Å². The van der Waals surface area contributed by atoms with Gasteiger partial charge in [0, 0.05) is 0 Å². The molecule has 0 radical (unpaired) electrons. The smallest absolute Gasteiger partial charge is 0.157 e. The van der Waals surface area contributed by atoms with Crippen LogP contribution in [0.2, 0.25) is 0 Å². The van der Waals surface area contributed by atoms with Crippen molar-refractivity contribution in [3.05, 3.63) is 0 Å². The number of hydrogen-bond donors (Lipinski definition) is 0. The summed E-state index contributed by atoms with van der Waals surface area (Å²) in [5.41, 5.74) is 0. The lowest BCUT2D eigenvalue weighted by molar-refractivity contribution is 0.571. The quantitative estimate of drug-likeness (QED) is 0.425. The van der Waals surface area contributed by atoms with Crippen LogP contribution in [0.5, 0.6) is 0 Å². The molecule has 0 aromatic carbocycles. The van der Waals surface area contributed by atoms with Crippen LogP contribution in [0.3, 0.4) is 0 Å². The SMILES string of the molecule is CCCCCC(C#N)N=NC(C#N)CCCCC. The minimum Gasteiger partial charge on any atom is -0.196 e. The van der Waals surface area contributed by atoms with Crippen LogP contribution in [0.1, 0.15) is 65.2 Å². The van der Waals surface area contributed by atoms with E-state index in [2.05, 4.69) is 36.2 Å². The summed E-state index contributed by atoms with van der Waals surface area (Å²) >= 11 is 0. The first-order valence-electron chi connectivity index (χ1n) is 6.97. The molecule has 0 saturated heterocycles. The maximum Gasteiger partial charge on any atom is 0.157 e. The van der Waals surface area contributed by atoms with E-state index in [0.717, 1.165) is 51.4 Å². The summed E-state index contributed by atoms with van der Waals surface area (Å²) in [4.78, 5) is 0. The van der Waals surface area contributed by atoms with Crippen LogP contribution in [-0.2, 0) is 0 Å². The predicted molar refractivity (Wildman–Crippen MR) is 71.9 cm³/mol. The van der Waals surface area contributed by atoms with Crippen molar-refractivity contribution in [3.8, 4) is 12.1 Å². The van der Waals surface area contributed by atoms with Crippen LogP contribution in [0.25, 0.3) is 0 Å². The molecule has 0 aliphatic carbocycles. The summed E-state index contributed by atoms with van der Waals surface area (Å²) in [6, 6.07) is 3.52. The second kappa shape index (κ2) is 12.0. The minimum atomic E-state index is -0.376. The molecule has 4 nitrogen and oxygen atoms in total. The Morgan fingerprint density at radius 3 is 1.44 bits per heavy atom. The van der Waals surface area contributed by atoms with Gasteiger partial charge < -0.3 is 0 Å². The normalized spacial score (nSPS) is 14.0. The van der Waals surface area contributed by atoms with E-state index in [4.69, 9.17) is 10.5 Å². The molecule has 0 aromatic heterocycles. The van der Waals surface area contributed by atoms with Gasteiger partial charge in [0.15, 0.2) is 12.1 Å². The van der Waals surface area contributed by atoms with Crippen LogP contribution in [0.15, 0.2) is 10.2 Å². The fourth-order valence-corrected chi connectivity index (χ4v) is 1.63. The number of rotatable bonds is 10. The topological polar surface area (TPSA) is 72.3 Å². The Balaban J connectivity index is 4.04. The first kappa shape index (κ1) is 16.6. The van der Waals surface area contributed by atoms with Crippen molar-refractivity contribution < 1.29 is 0 Å². The van der Waals surface area contributed by atoms with Gasteiger partial charge in [-0.25, -0.2) is 0 Å². The van der Waals surface area contributed by atoms with Crippen molar-refractivity contribution in [1.82, 2.24) is 0 Å². The number of unbranched alkanes of at least 4 members (excludes halogenated alkanes) is 4. The van der Waals surface area contributed by atoms with Gasteiger partial charge in [-0.15, -0.1) is 0 Å². The standard InChI is InChI=1S/C14H24N4/c1-3-5-7-9-13(11-15)17-18-14(12-16)10-8-6-4-2/h13-14H,3-10H2,1-2H3. The zero-order valence-corrected chi connectivity index (χ0v) is 11.6. The van der Waals surface area contributed by atoms with E-state index in [0.29, 0.717) is 0 Å². The third-order valence-corrected chi connectivity index (χ3v) is 2.81. The van der Waals surface area contributed by atoms with E-state index in [9.17, 15) is 0 Å². The lowest BCUT2D eigenvalue weighted by atomic mass is 10.1. The van der Waals surface area contributed by atoms with Gasteiger partial charge in [0.1, 0.15) is 0 Å². The molecule has 0 aliphatic heterocycles. The largest absolute Gasteiger partial charge is 0.196 e. The zero-order chi connectivity index (χ0) is 13.6. The Morgan fingerprint density at radius 2 is 1.17 bits per heavy atom. The summed E-state index contributed by atoms with van der Waals surface area (Å²) < 4.78 is 0. The number of azo groups is 1. The highest BCUT2D eigenvalue weighted by atomic mass is 15.1. The maximum atomic E-state index is 8.94. The summed E-state index contributed by atoms with van der Waals surface area (Å²) in [6.45, 7) is 4.25. The summed E-state index contributed by atoms with van der Waals surface area (Å²) in [7, 11) is 0. The van der Waals surface area contributed by atoms with Gasteiger partial charge in [-0.1, -0.05) is 52.4 Å². The molecule has 0 aromatic rings. The van der Waals surface area contributed by atoms with Crippen LogP contribution in [0.4, 0.5) is 0 Å². The Morgan fingerprint density at radius 1 is 0.778 bits per heavy atom. The molecule has 2 atom stereocenters. The zero-order valence-electron chi connectivity index (χ0n) is 11.6. The second-order valence-electron chi connectivity index (χ2n) is 4.51. The molecule has 0 aliphatic rings. The molecule has 0 bridgehead atoms. The molecule has 0 N–H and O–H groups in total. The predicted octanol–water partition coefficient (Wildman–Crippen LogP) is 4.38. The van der Waals surface area contributed by atoms with Gasteiger partial charge in [-0.2, -0.15) is 20.8 Å². The summed E-state index contributed by atoms with van der Waals surface area (Å²) in [5.74, 6) is 0. The first-order chi connectivity index (χ1) is 8.78. The lowest BCUT2D eigenvalue weighted by Crippen LogP contribution is -2.04. The van der Waals surface area contributed by atoms with Crippen LogP contribution < -0.4 is 0 Å². The molecular weight excluding hydrogens is 224 g/mol. The highest BCUT2D eigenvalue weighted by Crippen LogP contribution is 2.10. The van der Waals surface area contributed by atoms with E-state index in [1.165, 1.54) is 0 Å². The lowest BCUT2D eigenvalue weighted by Gasteiger charge is -2.04. The highest BCUT2D eigenvalue weighted by Gasteiger charge is 2.08. The van der Waals surface area contributed by atoms with Crippen molar-refractivity contribution in [2.24, 2.45) is 10.2 Å². The van der Waals surface area contributed by atoms with E-state index in [1.807, 2.05) is 0 Å². The third kappa shape index (κ3) is 8.70. The molecule has 18 heavy (non-hydrogen) atoms. The second-order valence-corrected chi connectivity index (χ2v) is 4.51. The Hall–Kier alpha value is -1.42. The molecule has 2 unspecified atom stereocenters. The number of nitriles is 2. The van der Waals surface area contributed by atoms with E-state index >= 15 is 0 Å². The molecule has 0 heterocycles. The molecule has 4 heteroatoms. The van der Waals surface area contributed by atoms with Gasteiger partial charge >= 0.3 is 0 Å². The van der Waals surface area contributed by atoms with Gasteiger partial charge in [-0.05, 0) is 12.8 Å². The van der Waals surface area contributed by atoms with Crippen molar-refractivity contribution in [2.45, 2.75) is 77.3 Å². The van der Waals surface area contributed by atoms with Crippen LogP contribution in [0, 0.1) is 22.7 Å². The monoisotopic (exact) mass is 248 g/mol. The van der Waals surface area contributed by atoms with E-state index in [-0.39, 0.29) is 12.1 Å². The van der Waals surface area contributed by atoms with E-state index < -0.39 is 0 Å². The molecule has 100 valence electrons. The molecule has 0 spiro atoms. The fourth-order valence-electron chi connectivity index (χ4n) is 1.63. The Labute approximate surface area is 111 Å². The Bertz CT molecular complexity index is 268.